The quantitative estimate of drug-likeness (QED) is 0.842. The Balaban J connectivity index is 2.76. The van der Waals surface area contributed by atoms with E-state index in [9.17, 15) is 0 Å². The largest absolute Gasteiger partial charge is 0.309 e. The van der Waals surface area contributed by atoms with Crippen LogP contribution in [-0.2, 0) is 0 Å². The summed E-state index contributed by atoms with van der Waals surface area (Å²) in [7, 11) is 2.22. The fourth-order valence-corrected chi connectivity index (χ4v) is 2.68. The second-order valence-corrected chi connectivity index (χ2v) is 6.72. The van der Waals surface area contributed by atoms with Crippen LogP contribution in [-0.4, -0.2) is 31.6 Å². The van der Waals surface area contributed by atoms with Crippen molar-refractivity contribution >= 4 is 0 Å². The van der Waals surface area contributed by atoms with Crippen LogP contribution >= 0.6 is 0 Å². The zero-order chi connectivity index (χ0) is 14.5. The predicted molar refractivity (Wildman–Crippen MR) is 84.5 cm³/mol. The summed E-state index contributed by atoms with van der Waals surface area (Å²) in [4.78, 5) is 2.43. The molecular weight excluding hydrogens is 232 g/mol. The van der Waals surface area contributed by atoms with Gasteiger partial charge in [-0.15, -0.1) is 0 Å². The second kappa shape index (κ2) is 7.06. The van der Waals surface area contributed by atoms with E-state index in [4.69, 9.17) is 0 Å². The van der Waals surface area contributed by atoms with Crippen molar-refractivity contribution in [2.75, 3.05) is 26.7 Å². The highest BCUT2D eigenvalue weighted by atomic mass is 15.1. The third-order valence-electron chi connectivity index (χ3n) is 3.25. The summed E-state index contributed by atoms with van der Waals surface area (Å²) in [6, 6.07) is 9.10. The van der Waals surface area contributed by atoms with Crippen LogP contribution < -0.4 is 5.32 Å². The Kier molecular flexibility index (Phi) is 6.02. The van der Waals surface area contributed by atoms with Gasteiger partial charge in [-0.3, -0.25) is 0 Å². The van der Waals surface area contributed by atoms with E-state index in [1.54, 1.807) is 0 Å². The Bertz CT molecular complexity index is 379. The monoisotopic (exact) mass is 262 g/mol. The molecule has 0 radical (unpaired) electrons. The summed E-state index contributed by atoms with van der Waals surface area (Å²) < 4.78 is 0. The molecule has 1 unspecified atom stereocenters. The molecule has 1 N–H and O–H groups in total. The number of likely N-dealkylation sites (N-methyl/N-ethyl adjacent to an activating group) is 2. The third kappa shape index (κ3) is 5.75. The summed E-state index contributed by atoms with van der Waals surface area (Å²) in [6.07, 6.45) is 0. The molecule has 2 heteroatoms. The van der Waals surface area contributed by atoms with Crippen LogP contribution in [0.3, 0.4) is 0 Å². The fourth-order valence-electron chi connectivity index (χ4n) is 2.68. The third-order valence-corrected chi connectivity index (χ3v) is 3.25. The number of aryl methyl sites for hydroxylation is 1. The minimum atomic E-state index is 0.344. The molecule has 1 rings (SSSR count). The molecule has 0 aliphatic carbocycles. The lowest BCUT2D eigenvalue weighted by Crippen LogP contribution is -2.37. The van der Waals surface area contributed by atoms with Crippen molar-refractivity contribution in [3.8, 4) is 0 Å². The number of hydrogen-bond donors (Lipinski definition) is 1. The highest BCUT2D eigenvalue weighted by Gasteiger charge is 2.18. The van der Waals surface area contributed by atoms with Gasteiger partial charge in [0, 0.05) is 19.1 Å². The minimum Gasteiger partial charge on any atom is -0.309 e. The maximum Gasteiger partial charge on any atom is 0.0451 e. The number of rotatable bonds is 6. The van der Waals surface area contributed by atoms with Crippen molar-refractivity contribution in [2.24, 2.45) is 5.41 Å². The maximum absolute atomic E-state index is 3.61. The Morgan fingerprint density at radius 3 is 2.37 bits per heavy atom. The first-order valence-electron chi connectivity index (χ1n) is 7.31. The molecule has 0 amide bonds. The molecule has 0 bridgehead atoms. The molecule has 1 aromatic rings. The van der Waals surface area contributed by atoms with Crippen molar-refractivity contribution in [3.05, 3.63) is 35.4 Å². The molecule has 0 aromatic heterocycles. The van der Waals surface area contributed by atoms with Crippen LogP contribution in [0.5, 0.6) is 0 Å². The standard InChI is InChI=1S/C17H30N2/c1-7-18-16(12-19(6)13-17(3,4)5)15-11-9-8-10-14(15)2/h8-11,16,18H,7,12-13H2,1-6H3. The molecule has 0 aliphatic rings. The van der Waals surface area contributed by atoms with Crippen molar-refractivity contribution in [2.45, 2.75) is 40.7 Å². The van der Waals surface area contributed by atoms with E-state index in [-0.39, 0.29) is 0 Å². The normalized spacial score (nSPS) is 13.8. The summed E-state index contributed by atoms with van der Waals surface area (Å²) in [5, 5.41) is 3.61. The Labute approximate surface area is 119 Å². The van der Waals surface area contributed by atoms with Crippen LogP contribution in [0.2, 0.25) is 0 Å². The van der Waals surface area contributed by atoms with Gasteiger partial charge in [0.25, 0.3) is 0 Å². The van der Waals surface area contributed by atoms with Crippen molar-refractivity contribution in [1.29, 1.82) is 0 Å². The maximum atomic E-state index is 3.61. The number of hydrogen-bond acceptors (Lipinski definition) is 2. The van der Waals surface area contributed by atoms with E-state index in [0.29, 0.717) is 11.5 Å². The van der Waals surface area contributed by atoms with Crippen LogP contribution in [0.15, 0.2) is 24.3 Å². The molecule has 0 saturated heterocycles. The van der Waals surface area contributed by atoms with Crippen molar-refractivity contribution in [1.82, 2.24) is 10.2 Å². The van der Waals surface area contributed by atoms with Gasteiger partial charge in [0.05, 0.1) is 0 Å². The number of benzene rings is 1. The highest BCUT2D eigenvalue weighted by Crippen LogP contribution is 2.20. The smallest absolute Gasteiger partial charge is 0.0451 e. The van der Waals surface area contributed by atoms with Crippen LogP contribution in [0.1, 0.15) is 44.9 Å². The van der Waals surface area contributed by atoms with Crippen molar-refractivity contribution in [3.63, 3.8) is 0 Å². The van der Waals surface area contributed by atoms with Gasteiger partial charge in [-0.05, 0) is 37.1 Å². The van der Waals surface area contributed by atoms with Crippen LogP contribution in [0.25, 0.3) is 0 Å². The topological polar surface area (TPSA) is 15.3 Å². The minimum absolute atomic E-state index is 0.344. The molecule has 1 aromatic carbocycles. The van der Waals surface area contributed by atoms with Gasteiger partial charge in [-0.25, -0.2) is 0 Å². The first-order valence-corrected chi connectivity index (χ1v) is 7.31. The van der Waals surface area contributed by atoms with Crippen molar-refractivity contribution < 1.29 is 0 Å². The molecule has 0 heterocycles. The summed E-state index contributed by atoms with van der Waals surface area (Å²) in [5.41, 5.74) is 3.14. The molecule has 2 nitrogen and oxygen atoms in total. The molecule has 0 saturated carbocycles. The highest BCUT2D eigenvalue weighted by molar-refractivity contribution is 5.29. The molecule has 0 spiro atoms. The average Bonchev–Trinajstić information content (AvgIpc) is 2.26. The summed E-state index contributed by atoms with van der Waals surface area (Å²) >= 11 is 0. The Morgan fingerprint density at radius 2 is 1.84 bits per heavy atom. The van der Waals surface area contributed by atoms with Gasteiger partial charge >= 0.3 is 0 Å². The first kappa shape index (κ1) is 16.2. The van der Waals surface area contributed by atoms with E-state index in [1.165, 1.54) is 11.1 Å². The number of nitrogens with zero attached hydrogens (tertiary/aromatic N) is 1. The van der Waals surface area contributed by atoms with Gasteiger partial charge in [-0.1, -0.05) is 52.0 Å². The van der Waals surface area contributed by atoms with Gasteiger partial charge in [0.15, 0.2) is 0 Å². The lowest BCUT2D eigenvalue weighted by atomic mass is 9.95. The molecular formula is C17H30N2. The van der Waals surface area contributed by atoms with E-state index in [1.807, 2.05) is 0 Å². The van der Waals surface area contributed by atoms with Gasteiger partial charge in [0.2, 0.25) is 0 Å². The second-order valence-electron chi connectivity index (χ2n) is 6.72. The van der Waals surface area contributed by atoms with E-state index >= 15 is 0 Å². The lowest BCUT2D eigenvalue weighted by molar-refractivity contribution is 0.208. The van der Waals surface area contributed by atoms with E-state index in [2.05, 4.69) is 76.1 Å². The summed E-state index contributed by atoms with van der Waals surface area (Å²) in [5.74, 6) is 0. The molecule has 0 aliphatic heterocycles. The van der Waals surface area contributed by atoms with E-state index in [0.717, 1.165) is 19.6 Å². The number of nitrogens with one attached hydrogen (secondary N) is 1. The SMILES string of the molecule is CCNC(CN(C)CC(C)(C)C)c1ccccc1C. The zero-order valence-corrected chi connectivity index (χ0v) is 13.5. The first-order chi connectivity index (χ1) is 8.83. The van der Waals surface area contributed by atoms with Gasteiger partial charge < -0.3 is 10.2 Å². The van der Waals surface area contributed by atoms with E-state index < -0.39 is 0 Å². The molecule has 19 heavy (non-hydrogen) atoms. The molecule has 1 atom stereocenters. The van der Waals surface area contributed by atoms with Gasteiger partial charge in [-0.2, -0.15) is 0 Å². The summed E-state index contributed by atoms with van der Waals surface area (Å²) in [6.45, 7) is 14.4. The van der Waals surface area contributed by atoms with Crippen LogP contribution in [0.4, 0.5) is 0 Å². The molecule has 0 fully saturated rings. The Morgan fingerprint density at radius 1 is 1.21 bits per heavy atom. The van der Waals surface area contributed by atoms with Crippen LogP contribution in [0, 0.1) is 12.3 Å². The zero-order valence-electron chi connectivity index (χ0n) is 13.5. The average molecular weight is 262 g/mol. The fraction of sp³-hybridized carbons (Fsp3) is 0.647. The lowest BCUT2D eigenvalue weighted by Gasteiger charge is -2.31. The van der Waals surface area contributed by atoms with Gasteiger partial charge in [0.1, 0.15) is 0 Å². The predicted octanol–water partition coefficient (Wildman–Crippen LogP) is 3.62. The molecule has 108 valence electrons. The Hall–Kier alpha value is -0.860.